The molecule has 1 atom stereocenters. The highest BCUT2D eigenvalue weighted by Gasteiger charge is 2.13. The van der Waals surface area contributed by atoms with Gasteiger partial charge in [0.1, 0.15) is 5.82 Å². The summed E-state index contributed by atoms with van der Waals surface area (Å²) in [7, 11) is 0. The van der Waals surface area contributed by atoms with Crippen molar-refractivity contribution in [2.24, 2.45) is 11.7 Å². The maximum Gasteiger partial charge on any atom is 0.124 e. The van der Waals surface area contributed by atoms with E-state index in [2.05, 4.69) is 19.2 Å². The van der Waals surface area contributed by atoms with Gasteiger partial charge >= 0.3 is 0 Å². The normalized spacial score (nSPS) is 13.1. The first-order valence-corrected chi connectivity index (χ1v) is 5.80. The first kappa shape index (κ1) is 13.4. The predicted molar refractivity (Wildman–Crippen MR) is 66.0 cm³/mol. The average molecular weight is 245 g/mol. The molecule has 0 saturated heterocycles. The van der Waals surface area contributed by atoms with Crippen molar-refractivity contribution < 1.29 is 4.39 Å². The van der Waals surface area contributed by atoms with Crippen molar-refractivity contribution in [3.05, 3.63) is 34.6 Å². The Morgan fingerprint density at radius 3 is 2.62 bits per heavy atom. The summed E-state index contributed by atoms with van der Waals surface area (Å²) in [6.07, 6.45) is 0. The number of hydrogen-bond acceptors (Lipinski definition) is 2. The molecule has 3 N–H and O–H groups in total. The Morgan fingerprint density at radius 2 is 2.12 bits per heavy atom. The first-order chi connectivity index (χ1) is 7.54. The number of hydrogen-bond donors (Lipinski definition) is 2. The van der Waals surface area contributed by atoms with Gasteiger partial charge in [-0.3, -0.25) is 0 Å². The highest BCUT2D eigenvalue weighted by atomic mass is 35.5. The molecule has 0 amide bonds. The third-order valence-corrected chi connectivity index (χ3v) is 2.67. The summed E-state index contributed by atoms with van der Waals surface area (Å²) in [6, 6.07) is 4.38. The second kappa shape index (κ2) is 6.18. The Kier molecular flexibility index (Phi) is 5.19. The molecule has 0 fully saturated rings. The van der Waals surface area contributed by atoms with Crippen LogP contribution >= 0.6 is 11.6 Å². The topological polar surface area (TPSA) is 38.0 Å². The molecule has 4 heteroatoms. The van der Waals surface area contributed by atoms with Crippen LogP contribution in [0.3, 0.4) is 0 Å². The van der Waals surface area contributed by atoms with Crippen molar-refractivity contribution in [2.75, 3.05) is 13.1 Å². The quantitative estimate of drug-likeness (QED) is 0.836. The summed E-state index contributed by atoms with van der Waals surface area (Å²) >= 11 is 5.98. The lowest BCUT2D eigenvalue weighted by molar-refractivity contribution is 0.478. The molecule has 90 valence electrons. The van der Waals surface area contributed by atoms with Gasteiger partial charge in [-0.25, -0.2) is 4.39 Å². The zero-order valence-electron chi connectivity index (χ0n) is 9.63. The van der Waals surface area contributed by atoms with Crippen molar-refractivity contribution in [1.82, 2.24) is 5.32 Å². The molecule has 0 spiro atoms. The van der Waals surface area contributed by atoms with Crippen LogP contribution in [-0.2, 0) is 0 Å². The van der Waals surface area contributed by atoms with Crippen LogP contribution in [-0.4, -0.2) is 13.1 Å². The molecule has 2 nitrogen and oxygen atoms in total. The van der Waals surface area contributed by atoms with Crippen LogP contribution in [0.5, 0.6) is 0 Å². The number of benzene rings is 1. The van der Waals surface area contributed by atoms with Crippen LogP contribution in [0.1, 0.15) is 25.5 Å². The molecule has 1 aromatic rings. The second-order valence-corrected chi connectivity index (χ2v) is 4.66. The molecule has 0 aromatic heterocycles. The van der Waals surface area contributed by atoms with E-state index in [9.17, 15) is 4.39 Å². The smallest absolute Gasteiger partial charge is 0.124 e. The van der Waals surface area contributed by atoms with Gasteiger partial charge in [0.15, 0.2) is 0 Å². The number of rotatable bonds is 5. The van der Waals surface area contributed by atoms with Crippen LogP contribution in [0.15, 0.2) is 18.2 Å². The summed E-state index contributed by atoms with van der Waals surface area (Å²) in [5, 5.41) is 3.74. The molecule has 0 saturated carbocycles. The molecule has 1 rings (SSSR count). The van der Waals surface area contributed by atoms with Crippen molar-refractivity contribution in [2.45, 2.75) is 19.9 Å². The zero-order valence-corrected chi connectivity index (χ0v) is 10.4. The molecular formula is C12H18ClFN2. The molecule has 0 aliphatic rings. The summed E-state index contributed by atoms with van der Waals surface area (Å²) < 4.78 is 12.9. The first-order valence-electron chi connectivity index (χ1n) is 5.43. The largest absolute Gasteiger partial charge is 0.329 e. The number of halogens is 2. The van der Waals surface area contributed by atoms with E-state index in [0.29, 0.717) is 17.5 Å². The van der Waals surface area contributed by atoms with Crippen LogP contribution in [0.25, 0.3) is 0 Å². The van der Waals surface area contributed by atoms with Crippen LogP contribution in [0, 0.1) is 11.7 Å². The van der Waals surface area contributed by atoms with Crippen LogP contribution in [0.4, 0.5) is 4.39 Å². The van der Waals surface area contributed by atoms with Crippen molar-refractivity contribution >= 4 is 11.6 Å². The average Bonchev–Trinajstić information content (AvgIpc) is 2.21. The molecule has 0 heterocycles. The van der Waals surface area contributed by atoms with Crippen molar-refractivity contribution in [3.8, 4) is 0 Å². The summed E-state index contributed by atoms with van der Waals surface area (Å²) in [5.74, 6) is 0.210. The number of nitrogens with one attached hydrogen (secondary N) is 1. The Hall–Kier alpha value is -0.640. The van der Waals surface area contributed by atoms with Gasteiger partial charge in [0.25, 0.3) is 0 Å². The molecular weight excluding hydrogens is 227 g/mol. The standard InChI is InChI=1S/C12H18ClFN2/c1-8(2)7-16-12(6-15)10-4-3-9(14)5-11(10)13/h3-5,8,12,16H,6-7,15H2,1-2H3. The van der Waals surface area contributed by atoms with Crippen molar-refractivity contribution in [1.29, 1.82) is 0 Å². The Morgan fingerprint density at radius 1 is 1.44 bits per heavy atom. The van der Waals surface area contributed by atoms with E-state index in [1.165, 1.54) is 12.1 Å². The number of nitrogens with two attached hydrogens (primary N) is 1. The third-order valence-electron chi connectivity index (χ3n) is 2.35. The van der Waals surface area contributed by atoms with E-state index in [4.69, 9.17) is 17.3 Å². The lowest BCUT2D eigenvalue weighted by Gasteiger charge is -2.19. The Bertz CT molecular complexity index is 342. The van der Waals surface area contributed by atoms with Gasteiger partial charge in [0.05, 0.1) is 0 Å². The van der Waals surface area contributed by atoms with E-state index in [1.807, 2.05) is 0 Å². The highest BCUT2D eigenvalue weighted by molar-refractivity contribution is 6.31. The van der Waals surface area contributed by atoms with E-state index >= 15 is 0 Å². The summed E-state index contributed by atoms with van der Waals surface area (Å²) in [6.45, 7) is 5.54. The van der Waals surface area contributed by atoms with E-state index in [1.54, 1.807) is 6.07 Å². The van der Waals surface area contributed by atoms with Gasteiger partial charge in [0, 0.05) is 17.6 Å². The van der Waals surface area contributed by atoms with E-state index < -0.39 is 0 Å². The predicted octanol–water partition coefficient (Wildman–Crippen LogP) is 2.72. The van der Waals surface area contributed by atoms with E-state index in [0.717, 1.165) is 12.1 Å². The minimum Gasteiger partial charge on any atom is -0.329 e. The molecule has 0 bridgehead atoms. The zero-order chi connectivity index (χ0) is 12.1. The summed E-state index contributed by atoms with van der Waals surface area (Å²) in [4.78, 5) is 0. The highest BCUT2D eigenvalue weighted by Crippen LogP contribution is 2.23. The fourth-order valence-electron chi connectivity index (χ4n) is 1.48. The van der Waals surface area contributed by atoms with E-state index in [-0.39, 0.29) is 11.9 Å². The lowest BCUT2D eigenvalue weighted by atomic mass is 10.1. The second-order valence-electron chi connectivity index (χ2n) is 4.26. The molecule has 1 unspecified atom stereocenters. The fraction of sp³-hybridized carbons (Fsp3) is 0.500. The maximum absolute atomic E-state index is 12.9. The van der Waals surface area contributed by atoms with Gasteiger partial charge in [0.2, 0.25) is 0 Å². The summed E-state index contributed by atoms with van der Waals surface area (Å²) in [5.41, 5.74) is 6.54. The Balaban J connectivity index is 2.78. The Labute approximate surface area is 101 Å². The van der Waals surface area contributed by atoms with Crippen LogP contribution < -0.4 is 11.1 Å². The third kappa shape index (κ3) is 3.74. The lowest BCUT2D eigenvalue weighted by Crippen LogP contribution is -2.31. The van der Waals surface area contributed by atoms with Gasteiger partial charge in [-0.1, -0.05) is 31.5 Å². The fourth-order valence-corrected chi connectivity index (χ4v) is 1.78. The van der Waals surface area contributed by atoms with Crippen LogP contribution in [0.2, 0.25) is 5.02 Å². The molecule has 0 aliphatic carbocycles. The minimum absolute atomic E-state index is 0.0181. The van der Waals surface area contributed by atoms with Gasteiger partial charge < -0.3 is 11.1 Å². The van der Waals surface area contributed by atoms with Gasteiger partial charge in [-0.2, -0.15) is 0 Å². The van der Waals surface area contributed by atoms with Gasteiger partial charge in [-0.15, -0.1) is 0 Å². The maximum atomic E-state index is 12.9. The minimum atomic E-state index is -0.326. The SMILES string of the molecule is CC(C)CNC(CN)c1ccc(F)cc1Cl. The monoisotopic (exact) mass is 244 g/mol. The molecule has 1 aromatic carbocycles. The molecule has 0 aliphatic heterocycles. The van der Waals surface area contributed by atoms with Crippen molar-refractivity contribution in [3.63, 3.8) is 0 Å². The van der Waals surface area contributed by atoms with Gasteiger partial charge in [-0.05, 0) is 30.2 Å². The molecule has 16 heavy (non-hydrogen) atoms. The molecule has 0 radical (unpaired) electrons.